The van der Waals surface area contributed by atoms with E-state index in [1.807, 2.05) is 13.8 Å². The van der Waals surface area contributed by atoms with Gasteiger partial charge in [-0.2, -0.15) is 0 Å². The largest absolute Gasteiger partial charge is 0.482 e. The molecule has 2 rings (SSSR count). The molecule has 6 heteroatoms. The Bertz CT molecular complexity index is 530. The summed E-state index contributed by atoms with van der Waals surface area (Å²) >= 11 is 0. The molecule has 0 fully saturated rings. The first-order valence-electron chi connectivity index (χ1n) is 6.64. The Morgan fingerprint density at radius 1 is 1.55 bits per heavy atom. The van der Waals surface area contributed by atoms with Crippen molar-refractivity contribution in [2.75, 3.05) is 17.2 Å². The summed E-state index contributed by atoms with van der Waals surface area (Å²) in [6.45, 7) is 3.94. The van der Waals surface area contributed by atoms with Crippen LogP contribution in [0.1, 0.15) is 20.3 Å². The van der Waals surface area contributed by atoms with Crippen LogP contribution in [0.2, 0.25) is 0 Å². The molecular weight excluding hydrogens is 258 g/mol. The van der Waals surface area contributed by atoms with Crippen LogP contribution in [0.5, 0.6) is 5.75 Å². The number of hydrogen-bond acceptors (Lipinski definition) is 4. The standard InChI is InChI=1S/C14H19N3O3/c1-3-8(2)13(15)14(19)16-9-4-5-11-10(6-9)17-12(18)7-20-11/h4-6,8,13H,3,7,15H2,1-2H3,(H,16,19)(H,17,18). The van der Waals surface area contributed by atoms with Crippen LogP contribution in [-0.2, 0) is 9.59 Å². The van der Waals surface area contributed by atoms with Gasteiger partial charge in [0.1, 0.15) is 5.75 Å². The molecule has 1 aliphatic heterocycles. The number of carbonyl (C=O) groups is 2. The Balaban J connectivity index is 2.09. The summed E-state index contributed by atoms with van der Waals surface area (Å²) in [7, 11) is 0. The number of amides is 2. The molecule has 108 valence electrons. The molecule has 0 bridgehead atoms. The molecule has 1 aromatic rings. The molecule has 0 saturated heterocycles. The monoisotopic (exact) mass is 277 g/mol. The first kappa shape index (κ1) is 14.3. The van der Waals surface area contributed by atoms with Crippen LogP contribution in [0.4, 0.5) is 11.4 Å². The Hall–Kier alpha value is -2.08. The number of nitrogens with one attached hydrogen (secondary N) is 2. The predicted octanol–water partition coefficient (Wildman–Crippen LogP) is 1.33. The van der Waals surface area contributed by atoms with Gasteiger partial charge in [0.25, 0.3) is 5.91 Å². The normalized spacial score (nSPS) is 16.4. The zero-order valence-electron chi connectivity index (χ0n) is 11.6. The average Bonchev–Trinajstić information content (AvgIpc) is 2.45. The highest BCUT2D eigenvalue weighted by molar-refractivity contribution is 5.98. The second kappa shape index (κ2) is 5.92. The van der Waals surface area contributed by atoms with Gasteiger partial charge in [-0.1, -0.05) is 20.3 Å². The number of anilines is 2. The summed E-state index contributed by atoms with van der Waals surface area (Å²) in [5.41, 5.74) is 7.01. The molecule has 2 amide bonds. The Morgan fingerprint density at radius 2 is 2.30 bits per heavy atom. The van der Waals surface area contributed by atoms with Crippen LogP contribution in [0.3, 0.4) is 0 Å². The molecular formula is C14H19N3O3. The van der Waals surface area contributed by atoms with Gasteiger partial charge < -0.3 is 21.1 Å². The van der Waals surface area contributed by atoms with Crippen LogP contribution in [0, 0.1) is 5.92 Å². The molecule has 1 aliphatic rings. The molecule has 20 heavy (non-hydrogen) atoms. The molecule has 1 heterocycles. The minimum Gasteiger partial charge on any atom is -0.482 e. The van der Waals surface area contributed by atoms with Crippen LogP contribution >= 0.6 is 0 Å². The van der Waals surface area contributed by atoms with E-state index in [2.05, 4.69) is 10.6 Å². The highest BCUT2D eigenvalue weighted by Crippen LogP contribution is 2.30. The van der Waals surface area contributed by atoms with E-state index in [9.17, 15) is 9.59 Å². The van der Waals surface area contributed by atoms with Crippen molar-refractivity contribution in [1.29, 1.82) is 0 Å². The number of nitrogens with two attached hydrogens (primary N) is 1. The number of ether oxygens (including phenoxy) is 1. The fourth-order valence-electron chi connectivity index (χ4n) is 1.90. The molecule has 0 aromatic heterocycles. The van der Waals surface area contributed by atoms with E-state index >= 15 is 0 Å². The summed E-state index contributed by atoms with van der Waals surface area (Å²) < 4.78 is 5.25. The maximum absolute atomic E-state index is 12.0. The van der Waals surface area contributed by atoms with E-state index in [0.717, 1.165) is 6.42 Å². The quantitative estimate of drug-likeness (QED) is 0.774. The molecule has 2 unspecified atom stereocenters. The van der Waals surface area contributed by atoms with Gasteiger partial charge in [0.2, 0.25) is 5.91 Å². The maximum Gasteiger partial charge on any atom is 0.262 e. The second-order valence-electron chi connectivity index (χ2n) is 4.95. The Labute approximate surface area is 117 Å². The Kier molecular flexibility index (Phi) is 4.24. The molecule has 0 radical (unpaired) electrons. The lowest BCUT2D eigenvalue weighted by molar-refractivity contribution is -0.119. The summed E-state index contributed by atoms with van der Waals surface area (Å²) in [5.74, 6) is 0.254. The topological polar surface area (TPSA) is 93.5 Å². The maximum atomic E-state index is 12.0. The average molecular weight is 277 g/mol. The van der Waals surface area contributed by atoms with E-state index in [4.69, 9.17) is 10.5 Å². The van der Waals surface area contributed by atoms with E-state index in [-0.39, 0.29) is 24.3 Å². The Morgan fingerprint density at radius 3 is 3.00 bits per heavy atom. The molecule has 0 aliphatic carbocycles. The molecule has 0 spiro atoms. The van der Waals surface area contributed by atoms with Crippen LogP contribution in [0.15, 0.2) is 18.2 Å². The van der Waals surface area contributed by atoms with Crippen molar-refractivity contribution in [2.24, 2.45) is 11.7 Å². The minimum absolute atomic E-state index is 0.0115. The smallest absolute Gasteiger partial charge is 0.262 e. The van der Waals surface area contributed by atoms with Gasteiger partial charge in [-0.15, -0.1) is 0 Å². The van der Waals surface area contributed by atoms with Crippen molar-refractivity contribution in [1.82, 2.24) is 0 Å². The molecule has 1 aromatic carbocycles. The molecule has 4 N–H and O–H groups in total. The van der Waals surface area contributed by atoms with Crippen LogP contribution in [-0.4, -0.2) is 24.5 Å². The number of fused-ring (bicyclic) bond motifs is 1. The van der Waals surface area contributed by atoms with Crippen molar-refractivity contribution in [3.8, 4) is 5.75 Å². The van der Waals surface area contributed by atoms with Crippen molar-refractivity contribution in [3.05, 3.63) is 18.2 Å². The first-order chi connectivity index (χ1) is 9.51. The molecule has 6 nitrogen and oxygen atoms in total. The second-order valence-corrected chi connectivity index (χ2v) is 4.95. The number of rotatable bonds is 4. The van der Waals surface area contributed by atoms with Gasteiger partial charge in [0, 0.05) is 5.69 Å². The fourth-order valence-corrected chi connectivity index (χ4v) is 1.90. The lowest BCUT2D eigenvalue weighted by Crippen LogP contribution is -2.40. The summed E-state index contributed by atoms with van der Waals surface area (Å²) in [4.78, 5) is 23.2. The van der Waals surface area contributed by atoms with Gasteiger partial charge in [-0.3, -0.25) is 9.59 Å². The lowest BCUT2D eigenvalue weighted by Gasteiger charge is -2.20. The zero-order chi connectivity index (χ0) is 14.7. The van der Waals surface area contributed by atoms with Crippen LogP contribution in [0.25, 0.3) is 0 Å². The number of carbonyl (C=O) groups excluding carboxylic acids is 2. The van der Waals surface area contributed by atoms with Gasteiger partial charge in [0.05, 0.1) is 11.7 Å². The third kappa shape index (κ3) is 3.08. The SMILES string of the molecule is CCC(C)C(N)C(=O)Nc1ccc2c(c1)NC(=O)CO2. The van der Waals surface area contributed by atoms with E-state index in [1.165, 1.54) is 0 Å². The third-order valence-corrected chi connectivity index (χ3v) is 3.44. The van der Waals surface area contributed by atoms with Crippen molar-refractivity contribution < 1.29 is 14.3 Å². The van der Waals surface area contributed by atoms with Gasteiger partial charge in [-0.25, -0.2) is 0 Å². The zero-order valence-corrected chi connectivity index (χ0v) is 11.6. The molecule has 2 atom stereocenters. The minimum atomic E-state index is -0.554. The summed E-state index contributed by atoms with van der Waals surface area (Å²) in [5, 5.41) is 5.44. The lowest BCUT2D eigenvalue weighted by atomic mass is 9.99. The van der Waals surface area contributed by atoms with Gasteiger partial charge in [0.15, 0.2) is 6.61 Å². The van der Waals surface area contributed by atoms with Crippen molar-refractivity contribution >= 4 is 23.2 Å². The third-order valence-electron chi connectivity index (χ3n) is 3.44. The summed E-state index contributed by atoms with van der Waals surface area (Å²) in [6, 6.07) is 4.53. The summed E-state index contributed by atoms with van der Waals surface area (Å²) in [6.07, 6.45) is 0.836. The van der Waals surface area contributed by atoms with E-state index in [1.54, 1.807) is 18.2 Å². The fraction of sp³-hybridized carbons (Fsp3) is 0.429. The highest BCUT2D eigenvalue weighted by atomic mass is 16.5. The number of hydrogen-bond donors (Lipinski definition) is 3. The number of benzene rings is 1. The van der Waals surface area contributed by atoms with Gasteiger partial charge >= 0.3 is 0 Å². The van der Waals surface area contributed by atoms with Crippen LogP contribution < -0.4 is 21.1 Å². The van der Waals surface area contributed by atoms with E-state index < -0.39 is 6.04 Å². The first-order valence-corrected chi connectivity index (χ1v) is 6.64. The van der Waals surface area contributed by atoms with E-state index in [0.29, 0.717) is 17.1 Å². The van der Waals surface area contributed by atoms with Crippen molar-refractivity contribution in [2.45, 2.75) is 26.3 Å². The predicted molar refractivity (Wildman–Crippen MR) is 76.6 cm³/mol. The molecule has 0 saturated carbocycles. The highest BCUT2D eigenvalue weighted by Gasteiger charge is 2.21. The van der Waals surface area contributed by atoms with Gasteiger partial charge in [-0.05, 0) is 24.1 Å². The van der Waals surface area contributed by atoms with Crippen molar-refractivity contribution in [3.63, 3.8) is 0 Å².